The zero-order chi connectivity index (χ0) is 24.8. The number of carbonyl (C=O) groups excluding carboxylic acids is 2. The number of pyridine rings is 1. The third-order valence-corrected chi connectivity index (χ3v) is 7.38. The van der Waals surface area contributed by atoms with Crippen LogP contribution in [0.1, 0.15) is 46.4 Å². The van der Waals surface area contributed by atoms with Crippen LogP contribution in [-0.4, -0.2) is 48.6 Å². The second-order valence-corrected chi connectivity index (χ2v) is 9.73. The highest BCUT2D eigenvalue weighted by atomic mass is 32.1. The van der Waals surface area contributed by atoms with Crippen LogP contribution >= 0.6 is 11.3 Å². The summed E-state index contributed by atoms with van der Waals surface area (Å²) in [7, 11) is 3.37. The van der Waals surface area contributed by atoms with Crippen LogP contribution in [-0.2, 0) is 29.0 Å². The van der Waals surface area contributed by atoms with Crippen molar-refractivity contribution in [3.8, 4) is 5.75 Å². The summed E-state index contributed by atoms with van der Waals surface area (Å²) in [5.41, 5.74) is 4.08. The van der Waals surface area contributed by atoms with E-state index in [9.17, 15) is 9.59 Å². The first-order valence-corrected chi connectivity index (χ1v) is 12.5. The number of aromatic nitrogens is 1. The summed E-state index contributed by atoms with van der Waals surface area (Å²) in [6, 6.07) is 11.5. The SMILES string of the molecule is CN=Cc1c(NC(=O)CC(C)c2ccccc2OC)sc2c1CCN(C(=O)Cc1ccncc1)C2. The van der Waals surface area contributed by atoms with Crippen LogP contribution in [0.2, 0.25) is 0 Å². The first-order chi connectivity index (χ1) is 17.0. The van der Waals surface area contributed by atoms with Crippen molar-refractivity contribution < 1.29 is 14.3 Å². The van der Waals surface area contributed by atoms with Gasteiger partial charge in [0.2, 0.25) is 11.8 Å². The molecule has 1 aromatic carbocycles. The molecular weight excluding hydrogens is 460 g/mol. The molecular formula is C27H30N4O3S. The fourth-order valence-electron chi connectivity index (χ4n) is 4.43. The Bertz CT molecular complexity index is 1220. The number of aliphatic imine (C=N–C) groups is 1. The van der Waals surface area contributed by atoms with Gasteiger partial charge in [-0.1, -0.05) is 25.1 Å². The van der Waals surface area contributed by atoms with Crippen LogP contribution < -0.4 is 10.1 Å². The molecule has 1 N–H and O–H groups in total. The minimum atomic E-state index is -0.0571. The van der Waals surface area contributed by atoms with Crippen molar-refractivity contribution in [1.82, 2.24) is 9.88 Å². The molecule has 35 heavy (non-hydrogen) atoms. The Morgan fingerprint density at radius 3 is 2.77 bits per heavy atom. The van der Waals surface area contributed by atoms with Gasteiger partial charge in [-0.05, 0) is 47.2 Å². The molecule has 182 valence electrons. The Labute approximate surface area is 209 Å². The molecule has 1 aliphatic heterocycles. The van der Waals surface area contributed by atoms with E-state index < -0.39 is 0 Å². The van der Waals surface area contributed by atoms with E-state index in [0.29, 0.717) is 25.9 Å². The highest BCUT2D eigenvalue weighted by Crippen LogP contribution is 2.37. The number of rotatable bonds is 8. The number of hydrogen-bond donors (Lipinski definition) is 1. The molecule has 0 spiro atoms. The number of para-hydroxylation sites is 1. The summed E-state index contributed by atoms with van der Waals surface area (Å²) in [5, 5.41) is 3.90. The number of amides is 2. The van der Waals surface area contributed by atoms with Crippen LogP contribution in [0.3, 0.4) is 0 Å². The van der Waals surface area contributed by atoms with Crippen LogP contribution in [0.25, 0.3) is 0 Å². The van der Waals surface area contributed by atoms with Crippen molar-refractivity contribution in [3.63, 3.8) is 0 Å². The van der Waals surface area contributed by atoms with Gasteiger partial charge in [-0.15, -0.1) is 11.3 Å². The van der Waals surface area contributed by atoms with Gasteiger partial charge >= 0.3 is 0 Å². The lowest BCUT2D eigenvalue weighted by Crippen LogP contribution is -2.36. The average molecular weight is 491 g/mol. The molecule has 8 heteroatoms. The van der Waals surface area contributed by atoms with Gasteiger partial charge in [0.05, 0.1) is 20.1 Å². The van der Waals surface area contributed by atoms with E-state index in [1.807, 2.05) is 54.4 Å². The molecule has 3 aromatic rings. The zero-order valence-electron chi connectivity index (χ0n) is 20.3. The first-order valence-electron chi connectivity index (χ1n) is 11.7. The van der Waals surface area contributed by atoms with E-state index >= 15 is 0 Å². The normalized spacial score (nSPS) is 14.0. The summed E-state index contributed by atoms with van der Waals surface area (Å²) in [6.07, 6.45) is 6.65. The minimum absolute atomic E-state index is 0.00493. The van der Waals surface area contributed by atoms with E-state index in [1.165, 1.54) is 16.9 Å². The third kappa shape index (κ3) is 5.77. The summed E-state index contributed by atoms with van der Waals surface area (Å²) in [5.74, 6) is 0.829. The van der Waals surface area contributed by atoms with Gasteiger partial charge in [0.25, 0.3) is 0 Å². The highest BCUT2D eigenvalue weighted by Gasteiger charge is 2.27. The van der Waals surface area contributed by atoms with Gasteiger partial charge in [-0.3, -0.25) is 19.6 Å². The molecule has 2 amide bonds. The van der Waals surface area contributed by atoms with Crippen LogP contribution in [0.5, 0.6) is 5.75 Å². The summed E-state index contributed by atoms with van der Waals surface area (Å²) in [6.45, 7) is 3.22. The maximum Gasteiger partial charge on any atom is 0.227 e. The molecule has 3 heterocycles. The van der Waals surface area contributed by atoms with Gasteiger partial charge < -0.3 is 15.0 Å². The molecule has 4 rings (SSSR count). The van der Waals surface area contributed by atoms with Crippen molar-refractivity contribution in [1.29, 1.82) is 0 Å². The molecule has 0 saturated heterocycles. The Morgan fingerprint density at radius 1 is 1.26 bits per heavy atom. The predicted molar refractivity (Wildman–Crippen MR) is 140 cm³/mol. The molecule has 7 nitrogen and oxygen atoms in total. The zero-order valence-corrected chi connectivity index (χ0v) is 21.1. The van der Waals surface area contributed by atoms with E-state index in [1.54, 1.807) is 26.6 Å². The van der Waals surface area contributed by atoms with Gasteiger partial charge in [-0.25, -0.2) is 0 Å². The molecule has 1 aliphatic rings. The van der Waals surface area contributed by atoms with Crippen molar-refractivity contribution in [3.05, 3.63) is 75.9 Å². The van der Waals surface area contributed by atoms with E-state index in [0.717, 1.165) is 38.7 Å². The lowest BCUT2D eigenvalue weighted by Gasteiger charge is -2.27. The van der Waals surface area contributed by atoms with E-state index in [-0.39, 0.29) is 17.7 Å². The Morgan fingerprint density at radius 2 is 2.03 bits per heavy atom. The molecule has 0 aliphatic carbocycles. The average Bonchev–Trinajstić information content (AvgIpc) is 3.20. The third-order valence-electron chi connectivity index (χ3n) is 6.23. The lowest BCUT2D eigenvalue weighted by molar-refractivity contribution is -0.131. The predicted octanol–water partition coefficient (Wildman–Crippen LogP) is 4.46. The summed E-state index contributed by atoms with van der Waals surface area (Å²) >= 11 is 1.54. The van der Waals surface area contributed by atoms with Crippen molar-refractivity contribution >= 4 is 34.4 Å². The van der Waals surface area contributed by atoms with Crippen molar-refractivity contribution in [2.24, 2.45) is 4.99 Å². The van der Waals surface area contributed by atoms with Gasteiger partial charge in [0.15, 0.2) is 0 Å². The largest absolute Gasteiger partial charge is 0.496 e. The Kier molecular flexibility index (Phi) is 7.92. The van der Waals surface area contributed by atoms with Crippen LogP contribution in [0, 0.1) is 0 Å². The number of benzene rings is 1. The highest BCUT2D eigenvalue weighted by molar-refractivity contribution is 7.16. The number of nitrogens with one attached hydrogen (secondary N) is 1. The molecule has 0 radical (unpaired) electrons. The maximum atomic E-state index is 13.0. The van der Waals surface area contributed by atoms with E-state index in [4.69, 9.17) is 4.74 Å². The molecule has 0 bridgehead atoms. The van der Waals surface area contributed by atoms with Crippen molar-refractivity contribution in [2.45, 2.75) is 38.6 Å². The minimum Gasteiger partial charge on any atom is -0.496 e. The quantitative estimate of drug-likeness (QED) is 0.473. The number of nitrogens with zero attached hydrogens (tertiary/aromatic N) is 3. The second-order valence-electron chi connectivity index (χ2n) is 8.63. The molecule has 2 aromatic heterocycles. The monoisotopic (exact) mass is 490 g/mol. The topological polar surface area (TPSA) is 83.9 Å². The smallest absolute Gasteiger partial charge is 0.227 e. The Hall–Kier alpha value is -3.52. The molecule has 1 atom stereocenters. The van der Waals surface area contributed by atoms with Gasteiger partial charge in [-0.2, -0.15) is 0 Å². The fraction of sp³-hybridized carbons (Fsp3) is 0.333. The van der Waals surface area contributed by atoms with Crippen LogP contribution in [0.15, 0.2) is 53.8 Å². The standard InChI is InChI=1S/C27H30N4O3S/c1-18(20-6-4-5-7-23(20)34-3)14-25(32)30-27-22(16-28-2)21-10-13-31(17-24(21)35-27)26(33)15-19-8-11-29-12-9-19/h4-9,11-12,16,18H,10,13-15,17H2,1-3H3,(H,30,32). The maximum absolute atomic E-state index is 13.0. The van der Waals surface area contributed by atoms with Crippen LogP contribution in [0.4, 0.5) is 5.00 Å². The number of anilines is 1. The summed E-state index contributed by atoms with van der Waals surface area (Å²) < 4.78 is 5.46. The number of methoxy groups -OCH3 is 1. The number of hydrogen-bond acceptors (Lipinski definition) is 6. The number of thiophene rings is 1. The van der Waals surface area contributed by atoms with Crippen molar-refractivity contribution in [2.75, 3.05) is 26.0 Å². The second kappa shape index (κ2) is 11.3. The van der Waals surface area contributed by atoms with Gasteiger partial charge in [0, 0.05) is 49.1 Å². The lowest BCUT2D eigenvalue weighted by atomic mass is 9.96. The summed E-state index contributed by atoms with van der Waals surface area (Å²) in [4.78, 5) is 37.1. The number of fused-ring (bicyclic) bond motifs is 1. The molecule has 0 saturated carbocycles. The van der Waals surface area contributed by atoms with E-state index in [2.05, 4.69) is 15.3 Å². The molecule has 0 fully saturated rings. The Balaban J connectivity index is 1.47. The fourth-order valence-corrected chi connectivity index (χ4v) is 5.68. The number of ether oxygens (including phenoxy) is 1. The number of carbonyl (C=O) groups is 2. The molecule has 1 unspecified atom stereocenters. The van der Waals surface area contributed by atoms with Gasteiger partial charge in [0.1, 0.15) is 10.8 Å². The first kappa shape index (κ1) is 24.6.